The van der Waals surface area contributed by atoms with Gasteiger partial charge in [-0.15, -0.1) is 0 Å². The molecular weight excluding hydrogens is 312 g/mol. The molecule has 0 radical (unpaired) electrons. The Morgan fingerprint density at radius 3 is 2.92 bits per heavy atom. The van der Waals surface area contributed by atoms with E-state index in [9.17, 15) is 4.79 Å². The standard InChI is InChI=1S/C21H32N2O2/c1-17-6-4-12-23(15-17)13-5-11-22-21(24)16-25-20-10-9-18-7-2-3-8-19(18)14-20/h9-10,14,17H,2-8,11-13,15-16H2,1H3,(H,22,24)/t17-/m0/s1. The lowest BCUT2D eigenvalue weighted by atomic mass is 9.92. The number of nitrogens with one attached hydrogen (secondary N) is 1. The Balaban J connectivity index is 1.31. The quantitative estimate of drug-likeness (QED) is 0.773. The molecule has 1 aliphatic heterocycles. The zero-order valence-corrected chi connectivity index (χ0v) is 15.6. The maximum atomic E-state index is 12.0. The summed E-state index contributed by atoms with van der Waals surface area (Å²) in [6, 6.07) is 6.26. The Hall–Kier alpha value is -1.55. The van der Waals surface area contributed by atoms with Crippen LogP contribution in [-0.2, 0) is 17.6 Å². The largest absolute Gasteiger partial charge is 0.484 e. The maximum Gasteiger partial charge on any atom is 0.257 e. The van der Waals surface area contributed by atoms with Gasteiger partial charge in [0.1, 0.15) is 5.75 Å². The van der Waals surface area contributed by atoms with Gasteiger partial charge in [-0.2, -0.15) is 0 Å². The van der Waals surface area contributed by atoms with Gasteiger partial charge in [-0.3, -0.25) is 4.79 Å². The van der Waals surface area contributed by atoms with E-state index < -0.39 is 0 Å². The van der Waals surface area contributed by atoms with Crippen molar-refractivity contribution >= 4 is 5.91 Å². The van der Waals surface area contributed by atoms with Gasteiger partial charge in [0.05, 0.1) is 0 Å². The third-order valence-corrected chi connectivity index (χ3v) is 5.40. The average molecular weight is 344 g/mol. The molecule has 1 aromatic rings. The van der Waals surface area contributed by atoms with Gasteiger partial charge in [-0.1, -0.05) is 13.0 Å². The minimum Gasteiger partial charge on any atom is -0.484 e. The summed E-state index contributed by atoms with van der Waals surface area (Å²) in [5, 5.41) is 2.98. The Bertz CT molecular complexity index is 573. The number of hydrogen-bond acceptors (Lipinski definition) is 3. The summed E-state index contributed by atoms with van der Waals surface area (Å²) < 4.78 is 5.67. The molecule has 0 spiro atoms. The van der Waals surface area contributed by atoms with E-state index >= 15 is 0 Å². The highest BCUT2D eigenvalue weighted by atomic mass is 16.5. The van der Waals surface area contributed by atoms with E-state index in [2.05, 4.69) is 29.3 Å². The number of hydrogen-bond donors (Lipinski definition) is 1. The van der Waals surface area contributed by atoms with Crippen molar-refractivity contribution in [3.8, 4) is 5.75 Å². The molecule has 1 fully saturated rings. The molecular formula is C21H32N2O2. The summed E-state index contributed by atoms with van der Waals surface area (Å²) in [4.78, 5) is 14.5. The molecule has 1 aliphatic carbocycles. The molecule has 0 unspecified atom stereocenters. The molecule has 3 rings (SSSR count). The summed E-state index contributed by atoms with van der Waals surface area (Å²) in [5.74, 6) is 1.61. The highest BCUT2D eigenvalue weighted by Crippen LogP contribution is 2.25. The van der Waals surface area contributed by atoms with Crippen LogP contribution in [0.1, 0.15) is 50.2 Å². The smallest absolute Gasteiger partial charge is 0.257 e. The molecule has 0 bridgehead atoms. The van der Waals surface area contributed by atoms with Crippen molar-refractivity contribution in [2.75, 3.05) is 32.8 Å². The molecule has 138 valence electrons. The van der Waals surface area contributed by atoms with Gasteiger partial charge in [-0.25, -0.2) is 0 Å². The number of fused-ring (bicyclic) bond motifs is 1. The van der Waals surface area contributed by atoms with E-state index in [1.165, 1.54) is 56.3 Å². The van der Waals surface area contributed by atoms with Crippen LogP contribution in [0.5, 0.6) is 5.75 Å². The molecule has 0 saturated carbocycles. The normalized spacial score (nSPS) is 20.8. The van der Waals surface area contributed by atoms with Crippen LogP contribution in [0.15, 0.2) is 18.2 Å². The molecule has 1 aromatic carbocycles. The lowest BCUT2D eigenvalue weighted by molar-refractivity contribution is -0.123. The Morgan fingerprint density at radius 1 is 1.24 bits per heavy atom. The van der Waals surface area contributed by atoms with E-state index in [0.29, 0.717) is 0 Å². The average Bonchev–Trinajstić information content (AvgIpc) is 2.63. The van der Waals surface area contributed by atoms with Crippen molar-refractivity contribution in [3.05, 3.63) is 29.3 Å². The Morgan fingerprint density at radius 2 is 2.08 bits per heavy atom. The molecule has 1 saturated heterocycles. The molecule has 0 aromatic heterocycles. The van der Waals surface area contributed by atoms with Crippen LogP contribution in [0.25, 0.3) is 0 Å². The fourth-order valence-electron chi connectivity index (χ4n) is 4.02. The Kier molecular flexibility index (Phi) is 6.74. The number of piperidine rings is 1. The molecule has 2 aliphatic rings. The minimum absolute atomic E-state index is 0.0234. The van der Waals surface area contributed by atoms with Gasteiger partial charge in [-0.05, 0) is 87.2 Å². The molecule has 1 heterocycles. The first-order valence-electron chi connectivity index (χ1n) is 9.94. The number of carbonyl (C=O) groups excluding carboxylic acids is 1. The molecule has 4 heteroatoms. The number of likely N-dealkylation sites (tertiary alicyclic amines) is 1. The second-order valence-corrected chi connectivity index (χ2v) is 7.68. The highest BCUT2D eigenvalue weighted by Gasteiger charge is 2.15. The molecule has 25 heavy (non-hydrogen) atoms. The number of aryl methyl sites for hydroxylation is 2. The van der Waals surface area contributed by atoms with Gasteiger partial charge in [0.25, 0.3) is 5.91 Å². The first-order chi connectivity index (χ1) is 12.2. The lowest BCUT2D eigenvalue weighted by Gasteiger charge is -2.30. The molecule has 1 amide bonds. The number of rotatable bonds is 7. The van der Waals surface area contributed by atoms with E-state index in [1.807, 2.05) is 6.07 Å². The van der Waals surface area contributed by atoms with Crippen LogP contribution < -0.4 is 10.1 Å². The number of carbonyl (C=O) groups is 1. The van der Waals surface area contributed by atoms with Crippen molar-refractivity contribution in [2.45, 2.75) is 51.9 Å². The SMILES string of the molecule is C[C@H]1CCCN(CCCNC(=O)COc2ccc3c(c2)CCCC3)C1. The zero-order chi connectivity index (χ0) is 17.5. The van der Waals surface area contributed by atoms with Crippen molar-refractivity contribution < 1.29 is 9.53 Å². The summed E-state index contributed by atoms with van der Waals surface area (Å²) in [5.41, 5.74) is 2.83. The molecule has 4 nitrogen and oxygen atoms in total. The third kappa shape index (κ3) is 5.74. The maximum absolute atomic E-state index is 12.0. The van der Waals surface area contributed by atoms with Crippen molar-refractivity contribution in [2.24, 2.45) is 5.92 Å². The molecule has 1 N–H and O–H groups in total. The number of amides is 1. The van der Waals surface area contributed by atoms with Crippen LogP contribution in [0.3, 0.4) is 0 Å². The second-order valence-electron chi connectivity index (χ2n) is 7.68. The third-order valence-electron chi connectivity index (χ3n) is 5.40. The number of benzene rings is 1. The van der Waals surface area contributed by atoms with Crippen LogP contribution in [0.2, 0.25) is 0 Å². The first-order valence-corrected chi connectivity index (χ1v) is 9.94. The van der Waals surface area contributed by atoms with E-state index in [4.69, 9.17) is 4.74 Å². The van der Waals surface area contributed by atoms with Crippen LogP contribution in [0.4, 0.5) is 0 Å². The molecule has 1 atom stereocenters. The fourth-order valence-corrected chi connectivity index (χ4v) is 4.02. The fraction of sp³-hybridized carbons (Fsp3) is 0.667. The van der Waals surface area contributed by atoms with Gasteiger partial charge in [0.15, 0.2) is 6.61 Å². The topological polar surface area (TPSA) is 41.6 Å². The highest BCUT2D eigenvalue weighted by molar-refractivity contribution is 5.77. The summed E-state index contributed by atoms with van der Waals surface area (Å²) in [7, 11) is 0. The minimum atomic E-state index is -0.0234. The summed E-state index contributed by atoms with van der Waals surface area (Å²) in [6.07, 6.45) is 8.52. The number of nitrogens with zero attached hydrogens (tertiary/aromatic N) is 1. The van der Waals surface area contributed by atoms with Crippen molar-refractivity contribution in [1.82, 2.24) is 10.2 Å². The Labute approximate surface area is 151 Å². The van der Waals surface area contributed by atoms with Crippen LogP contribution in [-0.4, -0.2) is 43.6 Å². The van der Waals surface area contributed by atoms with E-state index in [1.54, 1.807) is 0 Å². The predicted molar refractivity (Wildman–Crippen MR) is 101 cm³/mol. The second kappa shape index (κ2) is 9.23. The van der Waals surface area contributed by atoms with Crippen LogP contribution in [0, 0.1) is 5.92 Å². The van der Waals surface area contributed by atoms with Crippen molar-refractivity contribution in [1.29, 1.82) is 0 Å². The van der Waals surface area contributed by atoms with Crippen molar-refractivity contribution in [3.63, 3.8) is 0 Å². The monoisotopic (exact) mass is 344 g/mol. The van der Waals surface area contributed by atoms with E-state index in [-0.39, 0.29) is 12.5 Å². The summed E-state index contributed by atoms with van der Waals surface area (Å²) >= 11 is 0. The number of ether oxygens (including phenoxy) is 1. The van der Waals surface area contributed by atoms with E-state index in [0.717, 1.165) is 37.6 Å². The first kappa shape index (κ1) is 18.2. The van der Waals surface area contributed by atoms with Gasteiger partial charge >= 0.3 is 0 Å². The zero-order valence-electron chi connectivity index (χ0n) is 15.6. The lowest BCUT2D eigenvalue weighted by Crippen LogP contribution is -2.37. The van der Waals surface area contributed by atoms with Crippen LogP contribution >= 0.6 is 0 Å². The van der Waals surface area contributed by atoms with Gasteiger partial charge in [0.2, 0.25) is 0 Å². The van der Waals surface area contributed by atoms with Gasteiger partial charge < -0.3 is 15.0 Å². The predicted octanol–water partition coefficient (Wildman–Crippen LogP) is 3.18. The van der Waals surface area contributed by atoms with Gasteiger partial charge in [0, 0.05) is 13.1 Å². The summed E-state index contributed by atoms with van der Waals surface area (Å²) in [6.45, 7) is 6.66.